The largest absolute Gasteiger partial charge is 0.493 e. The molecule has 1 fully saturated rings. The second-order valence-electron chi connectivity index (χ2n) is 7.56. The van der Waals surface area contributed by atoms with Gasteiger partial charge in [0, 0.05) is 49.9 Å². The van der Waals surface area contributed by atoms with Crippen LogP contribution in [0.2, 0.25) is 0 Å². The van der Waals surface area contributed by atoms with Gasteiger partial charge in [-0.1, -0.05) is 18.2 Å². The predicted molar refractivity (Wildman–Crippen MR) is 107 cm³/mol. The Balaban J connectivity index is 1.35. The number of nitrogens with one attached hydrogen (secondary N) is 1. The molecule has 2 aromatic rings. The van der Waals surface area contributed by atoms with Crippen molar-refractivity contribution in [1.82, 2.24) is 10.2 Å². The van der Waals surface area contributed by atoms with Crippen LogP contribution in [0.3, 0.4) is 0 Å². The van der Waals surface area contributed by atoms with E-state index in [-0.39, 0.29) is 18.0 Å². The van der Waals surface area contributed by atoms with Gasteiger partial charge in [-0.3, -0.25) is 9.69 Å². The highest BCUT2D eigenvalue weighted by atomic mass is 19.1. The number of carbonyl (C=O) groups excluding carboxylic acids is 1. The summed E-state index contributed by atoms with van der Waals surface area (Å²) in [6.07, 6.45) is 0.744. The zero-order valence-corrected chi connectivity index (χ0v) is 16.4. The third-order valence-electron chi connectivity index (χ3n) is 5.73. The molecule has 1 saturated heterocycles. The Morgan fingerprint density at radius 3 is 2.52 bits per heavy atom. The van der Waals surface area contributed by atoms with Crippen molar-refractivity contribution in [2.45, 2.75) is 25.4 Å². The van der Waals surface area contributed by atoms with Gasteiger partial charge in [0.05, 0.1) is 18.7 Å². The van der Waals surface area contributed by atoms with Gasteiger partial charge in [0.15, 0.2) is 0 Å². The fraction of sp³-hybridized carbons (Fsp3) is 0.409. The summed E-state index contributed by atoms with van der Waals surface area (Å²) in [6, 6.07) is 11.0. The van der Waals surface area contributed by atoms with Crippen molar-refractivity contribution < 1.29 is 18.3 Å². The molecule has 2 aliphatic rings. The van der Waals surface area contributed by atoms with Gasteiger partial charge < -0.3 is 15.0 Å². The molecule has 0 aliphatic carbocycles. The maximum Gasteiger partial charge on any atom is 0.237 e. The van der Waals surface area contributed by atoms with E-state index in [0.29, 0.717) is 38.5 Å². The van der Waals surface area contributed by atoms with E-state index in [1.807, 2.05) is 36.1 Å². The fourth-order valence-corrected chi connectivity index (χ4v) is 4.04. The number of nitrogens with zero attached hydrogens (tertiary/aromatic N) is 2. The first kappa shape index (κ1) is 19.6. The summed E-state index contributed by atoms with van der Waals surface area (Å²) in [6.45, 7) is 5.01. The third kappa shape index (κ3) is 4.34. The SMILES string of the molecule is C[C@@H](C(=O)N[C@@H]1CCOc2ccccc21)N1CCN(c2cc(F)cc(F)c2)CC1. The van der Waals surface area contributed by atoms with E-state index in [0.717, 1.165) is 23.8 Å². The number of piperazine rings is 1. The Hall–Kier alpha value is -2.67. The normalized spacial score (nSPS) is 20.5. The Morgan fingerprint density at radius 2 is 1.79 bits per heavy atom. The van der Waals surface area contributed by atoms with E-state index in [1.54, 1.807) is 0 Å². The molecule has 5 nitrogen and oxygen atoms in total. The molecular weight excluding hydrogens is 376 g/mol. The average molecular weight is 401 g/mol. The van der Waals surface area contributed by atoms with Crippen molar-refractivity contribution in [2.75, 3.05) is 37.7 Å². The van der Waals surface area contributed by atoms with Crippen molar-refractivity contribution >= 4 is 11.6 Å². The van der Waals surface area contributed by atoms with Crippen LogP contribution >= 0.6 is 0 Å². The zero-order valence-electron chi connectivity index (χ0n) is 16.4. The van der Waals surface area contributed by atoms with E-state index in [1.165, 1.54) is 12.1 Å². The molecule has 4 rings (SSSR count). The highest BCUT2D eigenvalue weighted by Gasteiger charge is 2.29. The molecule has 2 atom stereocenters. The minimum atomic E-state index is -0.577. The van der Waals surface area contributed by atoms with Crippen LogP contribution in [0.25, 0.3) is 0 Å². The first-order chi connectivity index (χ1) is 14.0. The van der Waals surface area contributed by atoms with Crippen LogP contribution in [0.1, 0.15) is 24.9 Å². The molecule has 29 heavy (non-hydrogen) atoms. The van der Waals surface area contributed by atoms with E-state index in [2.05, 4.69) is 10.2 Å². The van der Waals surface area contributed by atoms with Gasteiger partial charge in [0.25, 0.3) is 0 Å². The van der Waals surface area contributed by atoms with Crippen LogP contribution in [0.5, 0.6) is 5.75 Å². The highest BCUT2D eigenvalue weighted by molar-refractivity contribution is 5.82. The van der Waals surface area contributed by atoms with E-state index >= 15 is 0 Å². The van der Waals surface area contributed by atoms with Crippen LogP contribution in [-0.4, -0.2) is 49.6 Å². The van der Waals surface area contributed by atoms with Gasteiger partial charge in [-0.25, -0.2) is 8.78 Å². The minimum Gasteiger partial charge on any atom is -0.493 e. The van der Waals surface area contributed by atoms with Gasteiger partial charge >= 0.3 is 0 Å². The lowest BCUT2D eigenvalue weighted by Crippen LogP contribution is -2.54. The van der Waals surface area contributed by atoms with Crippen LogP contribution in [0, 0.1) is 11.6 Å². The third-order valence-corrected chi connectivity index (χ3v) is 5.73. The fourth-order valence-electron chi connectivity index (χ4n) is 4.04. The van der Waals surface area contributed by atoms with Crippen molar-refractivity contribution in [1.29, 1.82) is 0 Å². The smallest absolute Gasteiger partial charge is 0.237 e. The molecule has 2 aliphatic heterocycles. The van der Waals surface area contributed by atoms with Crippen LogP contribution in [-0.2, 0) is 4.79 Å². The summed E-state index contributed by atoms with van der Waals surface area (Å²) in [5.74, 6) is -0.344. The maximum atomic E-state index is 13.5. The van der Waals surface area contributed by atoms with Crippen molar-refractivity contribution in [3.8, 4) is 5.75 Å². The van der Waals surface area contributed by atoms with E-state index < -0.39 is 11.6 Å². The van der Waals surface area contributed by atoms with E-state index in [4.69, 9.17) is 4.74 Å². The second kappa shape index (κ2) is 8.37. The number of hydrogen-bond acceptors (Lipinski definition) is 4. The molecule has 1 N–H and O–H groups in total. The number of rotatable bonds is 4. The molecule has 7 heteroatoms. The van der Waals surface area contributed by atoms with Gasteiger partial charge in [-0.15, -0.1) is 0 Å². The molecule has 2 heterocycles. The van der Waals surface area contributed by atoms with Crippen molar-refractivity contribution in [3.63, 3.8) is 0 Å². The van der Waals surface area contributed by atoms with Crippen molar-refractivity contribution in [3.05, 3.63) is 59.7 Å². The molecule has 0 aromatic heterocycles. The number of halogens is 2. The standard InChI is InChI=1S/C22H25F2N3O2/c1-15(22(28)25-20-6-11-29-21-5-3-2-4-19(20)21)26-7-9-27(10-8-26)18-13-16(23)12-17(24)14-18/h2-5,12-15,20H,6-11H2,1H3,(H,25,28)/t15-,20+/m0/s1. The summed E-state index contributed by atoms with van der Waals surface area (Å²) >= 11 is 0. The minimum absolute atomic E-state index is 0.0167. The van der Waals surface area contributed by atoms with Gasteiger partial charge in [-0.2, -0.15) is 0 Å². The lowest BCUT2D eigenvalue weighted by atomic mass is 10.00. The molecule has 0 radical (unpaired) electrons. The van der Waals surface area contributed by atoms with Crippen LogP contribution in [0.15, 0.2) is 42.5 Å². The number of fused-ring (bicyclic) bond motifs is 1. The Morgan fingerprint density at radius 1 is 1.10 bits per heavy atom. The lowest BCUT2D eigenvalue weighted by molar-refractivity contribution is -0.127. The Labute approximate surface area is 169 Å². The number of ether oxygens (including phenoxy) is 1. The molecule has 0 spiro atoms. The molecule has 154 valence electrons. The molecule has 1 amide bonds. The molecule has 0 saturated carbocycles. The first-order valence-corrected chi connectivity index (χ1v) is 9.98. The maximum absolute atomic E-state index is 13.5. The number of anilines is 1. The quantitative estimate of drug-likeness (QED) is 0.855. The Bertz CT molecular complexity index is 864. The molecule has 0 bridgehead atoms. The number of amides is 1. The summed E-state index contributed by atoms with van der Waals surface area (Å²) in [4.78, 5) is 16.9. The van der Waals surface area contributed by atoms with Gasteiger partial charge in [0.1, 0.15) is 17.4 Å². The molecule has 2 aromatic carbocycles. The summed E-state index contributed by atoms with van der Waals surface area (Å²) in [5, 5.41) is 3.16. The average Bonchev–Trinajstić information content (AvgIpc) is 2.73. The summed E-state index contributed by atoms with van der Waals surface area (Å²) in [5.41, 5.74) is 1.55. The molecule has 0 unspecified atom stereocenters. The topological polar surface area (TPSA) is 44.8 Å². The van der Waals surface area contributed by atoms with Crippen molar-refractivity contribution in [2.24, 2.45) is 0 Å². The monoisotopic (exact) mass is 401 g/mol. The second-order valence-corrected chi connectivity index (χ2v) is 7.56. The van der Waals surface area contributed by atoms with Gasteiger partial charge in [0.2, 0.25) is 5.91 Å². The number of carbonyl (C=O) groups is 1. The summed E-state index contributed by atoms with van der Waals surface area (Å²) < 4.78 is 32.6. The van der Waals surface area contributed by atoms with Crippen LogP contribution < -0.4 is 15.0 Å². The van der Waals surface area contributed by atoms with Gasteiger partial charge in [-0.05, 0) is 25.1 Å². The Kier molecular flexibility index (Phi) is 5.67. The zero-order chi connectivity index (χ0) is 20.4. The lowest BCUT2D eigenvalue weighted by Gasteiger charge is -2.39. The summed E-state index contributed by atoms with van der Waals surface area (Å²) in [7, 11) is 0. The molecular formula is C22H25F2N3O2. The number of hydrogen-bond donors (Lipinski definition) is 1. The highest BCUT2D eigenvalue weighted by Crippen LogP contribution is 2.31. The number of para-hydroxylation sites is 1. The number of benzene rings is 2. The first-order valence-electron chi connectivity index (χ1n) is 9.98. The predicted octanol–water partition coefficient (Wildman–Crippen LogP) is 3.12. The van der Waals surface area contributed by atoms with E-state index in [9.17, 15) is 13.6 Å². The van der Waals surface area contributed by atoms with Crippen LogP contribution in [0.4, 0.5) is 14.5 Å².